The van der Waals surface area contributed by atoms with Gasteiger partial charge in [-0.15, -0.1) is 5.10 Å². The molecule has 1 fully saturated rings. The van der Waals surface area contributed by atoms with Crippen LogP contribution in [0.1, 0.15) is 17.6 Å². The molecule has 146 valence electrons. The molecule has 1 aliphatic rings. The fourth-order valence-electron chi connectivity index (χ4n) is 2.70. The minimum absolute atomic E-state index is 0.0114. The molecule has 11 heteroatoms. The maximum atomic E-state index is 14.1. The smallest absolute Gasteiger partial charge is 0.183 e. The minimum atomic E-state index is -0.578. The van der Waals surface area contributed by atoms with Gasteiger partial charge in [0.05, 0.1) is 36.3 Å². The van der Waals surface area contributed by atoms with Gasteiger partial charge in [0, 0.05) is 13.1 Å². The van der Waals surface area contributed by atoms with E-state index in [9.17, 15) is 8.78 Å². The lowest BCUT2D eigenvalue weighted by Gasteiger charge is -2.22. The van der Waals surface area contributed by atoms with Crippen LogP contribution in [-0.2, 0) is 11.3 Å². The number of halogens is 3. The molecular weight excluding hydrogens is 392 g/mol. The Morgan fingerprint density at radius 2 is 2.21 bits per heavy atom. The van der Waals surface area contributed by atoms with Crippen molar-refractivity contribution in [1.82, 2.24) is 30.3 Å². The third-order valence-corrected chi connectivity index (χ3v) is 4.41. The van der Waals surface area contributed by atoms with Crippen molar-refractivity contribution in [1.29, 1.82) is 0 Å². The van der Waals surface area contributed by atoms with Crippen LogP contribution in [0.3, 0.4) is 0 Å². The molecule has 1 atom stereocenters. The molecule has 28 heavy (non-hydrogen) atoms. The van der Waals surface area contributed by atoms with Crippen LogP contribution in [0.2, 0.25) is 5.02 Å². The summed E-state index contributed by atoms with van der Waals surface area (Å²) in [5, 5.41) is 14.0. The average Bonchev–Trinajstić information content (AvgIpc) is 3.19. The number of hydrogen-bond acceptors (Lipinski definition) is 7. The zero-order valence-corrected chi connectivity index (χ0v) is 15.3. The van der Waals surface area contributed by atoms with Gasteiger partial charge in [-0.3, -0.25) is 0 Å². The Hall–Kier alpha value is -2.69. The minimum Gasteiger partial charge on any atom is -0.368 e. The third kappa shape index (κ3) is 4.08. The van der Waals surface area contributed by atoms with Crippen molar-refractivity contribution in [3.05, 3.63) is 58.8 Å². The molecule has 0 spiro atoms. The van der Waals surface area contributed by atoms with Gasteiger partial charge in [-0.2, -0.15) is 0 Å². The molecule has 0 aliphatic carbocycles. The van der Waals surface area contributed by atoms with Gasteiger partial charge in [0.25, 0.3) is 0 Å². The van der Waals surface area contributed by atoms with Crippen molar-refractivity contribution >= 4 is 17.4 Å². The molecule has 2 N–H and O–H groups in total. The van der Waals surface area contributed by atoms with Gasteiger partial charge in [0.2, 0.25) is 0 Å². The van der Waals surface area contributed by atoms with Gasteiger partial charge in [-0.25, -0.2) is 23.4 Å². The van der Waals surface area contributed by atoms with Crippen molar-refractivity contribution in [2.24, 2.45) is 0 Å². The molecule has 1 saturated heterocycles. The van der Waals surface area contributed by atoms with Crippen LogP contribution >= 0.6 is 11.6 Å². The maximum Gasteiger partial charge on any atom is 0.183 e. The average molecular weight is 408 g/mol. The topological polar surface area (TPSA) is 89.8 Å². The van der Waals surface area contributed by atoms with Gasteiger partial charge in [-0.1, -0.05) is 16.8 Å². The van der Waals surface area contributed by atoms with Crippen molar-refractivity contribution < 1.29 is 13.5 Å². The number of nitrogens with one attached hydrogen (secondary N) is 2. The summed E-state index contributed by atoms with van der Waals surface area (Å²) in [5.41, 5.74) is 1.10. The lowest BCUT2D eigenvalue weighted by molar-refractivity contribution is 0.0221. The maximum absolute atomic E-state index is 14.1. The quantitative estimate of drug-likeness (QED) is 0.670. The summed E-state index contributed by atoms with van der Waals surface area (Å²) in [6, 6.07) is 4.22. The normalized spacial score (nSPS) is 16.9. The number of aromatic nitrogens is 5. The molecule has 1 aromatic carbocycles. The van der Waals surface area contributed by atoms with Gasteiger partial charge >= 0.3 is 0 Å². The van der Waals surface area contributed by atoms with Crippen molar-refractivity contribution in [3.8, 4) is 5.69 Å². The van der Waals surface area contributed by atoms with E-state index >= 15 is 0 Å². The molecular formula is C17H16ClF2N7O. The molecule has 3 aromatic rings. The van der Waals surface area contributed by atoms with E-state index in [4.69, 9.17) is 16.3 Å². The largest absolute Gasteiger partial charge is 0.368 e. The van der Waals surface area contributed by atoms with Gasteiger partial charge in [0.1, 0.15) is 17.6 Å². The van der Waals surface area contributed by atoms with Gasteiger partial charge < -0.3 is 15.4 Å². The molecule has 0 saturated carbocycles. The van der Waals surface area contributed by atoms with E-state index in [0.717, 1.165) is 12.7 Å². The van der Waals surface area contributed by atoms with E-state index in [2.05, 4.69) is 30.9 Å². The summed E-state index contributed by atoms with van der Waals surface area (Å²) in [6.45, 7) is 2.06. The first-order chi connectivity index (χ1) is 13.6. The number of anilines is 1. The molecule has 4 rings (SSSR count). The highest BCUT2D eigenvalue weighted by molar-refractivity contribution is 6.30. The molecule has 0 radical (unpaired) electrons. The van der Waals surface area contributed by atoms with Crippen molar-refractivity contribution in [2.45, 2.75) is 12.6 Å². The molecule has 1 unspecified atom stereocenters. The zero-order chi connectivity index (χ0) is 19.5. The lowest BCUT2D eigenvalue weighted by atomic mass is 10.3. The highest BCUT2D eigenvalue weighted by Gasteiger charge is 2.20. The lowest BCUT2D eigenvalue weighted by Crippen LogP contribution is -2.34. The summed E-state index contributed by atoms with van der Waals surface area (Å²) in [6.07, 6.45) is 2.42. The first-order valence-electron chi connectivity index (χ1n) is 8.55. The van der Waals surface area contributed by atoms with Gasteiger partial charge in [-0.05, 0) is 18.2 Å². The standard InChI is InChI=1S/C17H16ClF2N7O/c18-12-5-11(1-2-13(12)19)27-9-10(25-26-27)6-22-16-14(20)7-23-17(24-16)15-8-21-3-4-28-15/h1-2,5,7,9,15,21H,3-4,6,8H2,(H,22,23,24). The summed E-state index contributed by atoms with van der Waals surface area (Å²) in [7, 11) is 0. The van der Waals surface area contributed by atoms with Crippen LogP contribution in [0.4, 0.5) is 14.6 Å². The van der Waals surface area contributed by atoms with Crippen LogP contribution in [0.5, 0.6) is 0 Å². The Morgan fingerprint density at radius 1 is 1.32 bits per heavy atom. The second-order valence-corrected chi connectivity index (χ2v) is 6.50. The fraction of sp³-hybridized carbons (Fsp3) is 0.294. The van der Waals surface area contributed by atoms with E-state index in [1.54, 1.807) is 6.20 Å². The van der Waals surface area contributed by atoms with E-state index in [-0.39, 0.29) is 23.5 Å². The zero-order valence-electron chi connectivity index (χ0n) is 14.6. The SMILES string of the molecule is Fc1ccc(-n2cc(CNc3nc(C4CNCCO4)ncc3F)nn2)cc1Cl. The summed E-state index contributed by atoms with van der Waals surface area (Å²) < 4.78 is 34.4. The second-order valence-electron chi connectivity index (χ2n) is 6.09. The van der Waals surface area contributed by atoms with Crippen LogP contribution in [0.25, 0.3) is 5.69 Å². The number of hydrogen-bond donors (Lipinski definition) is 2. The second kappa shape index (κ2) is 8.13. The first-order valence-corrected chi connectivity index (χ1v) is 8.93. The number of benzene rings is 1. The Labute approximate surface area is 163 Å². The molecule has 3 heterocycles. The summed E-state index contributed by atoms with van der Waals surface area (Å²) >= 11 is 5.79. The van der Waals surface area contributed by atoms with Gasteiger partial charge in [0.15, 0.2) is 17.5 Å². The summed E-state index contributed by atoms with van der Waals surface area (Å²) in [4.78, 5) is 8.23. The highest BCUT2D eigenvalue weighted by atomic mass is 35.5. The predicted molar refractivity (Wildman–Crippen MR) is 97.2 cm³/mol. The predicted octanol–water partition coefficient (Wildman–Crippen LogP) is 2.26. The summed E-state index contributed by atoms with van der Waals surface area (Å²) in [5.74, 6) is -0.635. The number of morpholine rings is 1. The molecule has 1 aliphatic heterocycles. The third-order valence-electron chi connectivity index (χ3n) is 4.12. The monoisotopic (exact) mass is 407 g/mol. The van der Waals surface area contributed by atoms with Crippen molar-refractivity contribution in [3.63, 3.8) is 0 Å². The Bertz CT molecular complexity index is 978. The molecule has 0 bridgehead atoms. The fourth-order valence-corrected chi connectivity index (χ4v) is 2.87. The molecule has 0 amide bonds. The number of nitrogens with zero attached hydrogens (tertiary/aromatic N) is 5. The van der Waals surface area contributed by atoms with Crippen LogP contribution in [0, 0.1) is 11.6 Å². The highest BCUT2D eigenvalue weighted by Crippen LogP contribution is 2.20. The molecule has 8 nitrogen and oxygen atoms in total. The molecule has 2 aromatic heterocycles. The Kier molecular flexibility index (Phi) is 5.42. The Balaban J connectivity index is 1.46. The van der Waals surface area contributed by atoms with E-state index in [0.29, 0.717) is 30.4 Å². The van der Waals surface area contributed by atoms with E-state index in [1.165, 1.54) is 22.9 Å². The van der Waals surface area contributed by atoms with Crippen LogP contribution in [0.15, 0.2) is 30.6 Å². The number of ether oxygens (including phenoxy) is 1. The Morgan fingerprint density at radius 3 is 3.00 bits per heavy atom. The van der Waals surface area contributed by atoms with E-state index in [1.807, 2.05) is 0 Å². The van der Waals surface area contributed by atoms with Crippen molar-refractivity contribution in [2.75, 3.05) is 25.0 Å². The van der Waals surface area contributed by atoms with Crippen LogP contribution < -0.4 is 10.6 Å². The van der Waals surface area contributed by atoms with Crippen LogP contribution in [-0.4, -0.2) is 44.7 Å². The number of rotatable bonds is 5. The first kappa shape index (κ1) is 18.7. The van der Waals surface area contributed by atoms with E-state index < -0.39 is 11.6 Å².